The lowest BCUT2D eigenvalue weighted by molar-refractivity contribution is -0.147. The Kier molecular flexibility index (Phi) is 8.66. The molecule has 0 aromatic rings. The van der Waals surface area contributed by atoms with E-state index in [1.54, 1.807) is 39.8 Å². The summed E-state index contributed by atoms with van der Waals surface area (Å²) in [5.74, 6) is -1.49. The van der Waals surface area contributed by atoms with Crippen LogP contribution in [0, 0.1) is 5.41 Å². The first-order chi connectivity index (χ1) is 7.56. The van der Waals surface area contributed by atoms with Crippen LogP contribution in [0.4, 0.5) is 0 Å². The molecular formula is C12H25NO4. The first kappa shape index (κ1) is 18.3. The van der Waals surface area contributed by atoms with Gasteiger partial charge in [-0.15, -0.1) is 0 Å². The van der Waals surface area contributed by atoms with Gasteiger partial charge in [-0.1, -0.05) is 13.3 Å². The van der Waals surface area contributed by atoms with E-state index in [0.29, 0.717) is 0 Å². The molecule has 0 radical (unpaired) electrons. The molecule has 0 spiro atoms. The molecule has 0 heterocycles. The van der Waals surface area contributed by atoms with Crippen LogP contribution in [0.5, 0.6) is 0 Å². The van der Waals surface area contributed by atoms with Crippen LogP contribution in [-0.2, 0) is 9.59 Å². The van der Waals surface area contributed by atoms with Crippen LogP contribution < -0.4 is 0 Å². The minimum absolute atomic E-state index is 0.380. The third kappa shape index (κ3) is 8.68. The Morgan fingerprint density at radius 3 is 1.71 bits per heavy atom. The van der Waals surface area contributed by atoms with E-state index in [9.17, 15) is 9.59 Å². The van der Waals surface area contributed by atoms with Gasteiger partial charge in [0.15, 0.2) is 0 Å². The van der Waals surface area contributed by atoms with E-state index >= 15 is 0 Å². The zero-order valence-electron chi connectivity index (χ0n) is 11.6. The van der Waals surface area contributed by atoms with E-state index in [0.717, 1.165) is 12.8 Å². The molecule has 0 bridgehead atoms. The molecule has 0 amide bonds. The van der Waals surface area contributed by atoms with Gasteiger partial charge in [-0.05, 0) is 41.3 Å². The highest BCUT2D eigenvalue weighted by Gasteiger charge is 2.25. The summed E-state index contributed by atoms with van der Waals surface area (Å²) in [6, 6.07) is -0.380. The van der Waals surface area contributed by atoms with Crippen LogP contribution in [-0.4, -0.2) is 47.2 Å². The van der Waals surface area contributed by atoms with E-state index < -0.39 is 17.4 Å². The Morgan fingerprint density at radius 1 is 1.24 bits per heavy atom. The molecule has 0 rings (SSSR count). The predicted octanol–water partition coefficient (Wildman–Crippen LogP) is 1.92. The maximum atomic E-state index is 10.4. The predicted molar refractivity (Wildman–Crippen MR) is 67.1 cm³/mol. The zero-order chi connectivity index (χ0) is 14.2. The molecule has 0 aliphatic carbocycles. The van der Waals surface area contributed by atoms with Crippen molar-refractivity contribution in [3.05, 3.63) is 0 Å². The first-order valence-electron chi connectivity index (χ1n) is 5.68. The topological polar surface area (TPSA) is 77.8 Å². The van der Waals surface area contributed by atoms with Crippen molar-refractivity contribution in [1.82, 2.24) is 4.90 Å². The number of hydrogen-bond acceptors (Lipinski definition) is 3. The van der Waals surface area contributed by atoms with Crippen molar-refractivity contribution >= 4 is 11.9 Å². The molecule has 2 N–H and O–H groups in total. The molecule has 1 unspecified atom stereocenters. The minimum Gasteiger partial charge on any atom is -0.481 e. The van der Waals surface area contributed by atoms with Gasteiger partial charge >= 0.3 is 11.9 Å². The van der Waals surface area contributed by atoms with E-state index in [1.165, 1.54) is 0 Å². The fourth-order valence-corrected chi connectivity index (χ4v) is 0.953. The molecular weight excluding hydrogens is 222 g/mol. The lowest BCUT2D eigenvalue weighted by atomic mass is 9.88. The second-order valence-electron chi connectivity index (χ2n) is 4.92. The maximum absolute atomic E-state index is 10.4. The van der Waals surface area contributed by atoms with Crippen LogP contribution >= 0.6 is 0 Å². The average Bonchev–Trinajstić information content (AvgIpc) is 2.16. The van der Waals surface area contributed by atoms with Gasteiger partial charge in [0.2, 0.25) is 0 Å². The highest BCUT2D eigenvalue weighted by molar-refractivity contribution is 5.73. The number of hydrogen-bond donors (Lipinski definition) is 2. The quantitative estimate of drug-likeness (QED) is 0.776. The first-order valence-corrected chi connectivity index (χ1v) is 5.68. The summed E-state index contributed by atoms with van der Waals surface area (Å²) in [6.45, 7) is 7.13. The van der Waals surface area contributed by atoms with Crippen LogP contribution in [0.3, 0.4) is 0 Å². The molecule has 0 fully saturated rings. The molecule has 0 aliphatic heterocycles. The summed E-state index contributed by atoms with van der Waals surface area (Å²) in [6.07, 6.45) is 1.68. The van der Waals surface area contributed by atoms with Gasteiger partial charge in [0.25, 0.3) is 0 Å². The molecule has 0 aromatic heterocycles. The number of rotatable bonds is 5. The third-order valence-electron chi connectivity index (χ3n) is 2.59. The zero-order valence-corrected chi connectivity index (χ0v) is 11.6. The SMILES string of the molecule is CC(C(=O)O)N(C)C.CCCC(C)(C)C(=O)O. The summed E-state index contributed by atoms with van der Waals surface area (Å²) in [5, 5.41) is 16.9. The van der Waals surface area contributed by atoms with Crippen molar-refractivity contribution in [3.8, 4) is 0 Å². The summed E-state index contributed by atoms with van der Waals surface area (Å²) in [7, 11) is 3.47. The molecule has 5 nitrogen and oxygen atoms in total. The van der Waals surface area contributed by atoms with Crippen molar-refractivity contribution in [1.29, 1.82) is 0 Å². The summed E-state index contributed by atoms with van der Waals surface area (Å²) >= 11 is 0. The number of likely N-dealkylation sites (N-methyl/N-ethyl adjacent to an activating group) is 1. The monoisotopic (exact) mass is 247 g/mol. The van der Waals surface area contributed by atoms with Gasteiger partial charge in [0.05, 0.1) is 5.41 Å². The molecule has 0 saturated heterocycles. The molecule has 0 saturated carbocycles. The van der Waals surface area contributed by atoms with Crippen molar-refractivity contribution in [2.45, 2.75) is 46.6 Å². The van der Waals surface area contributed by atoms with E-state index in [2.05, 4.69) is 0 Å². The van der Waals surface area contributed by atoms with Gasteiger partial charge in [-0.25, -0.2) is 0 Å². The number of aliphatic carboxylic acids is 2. The smallest absolute Gasteiger partial charge is 0.320 e. The second kappa shape index (κ2) is 8.06. The van der Waals surface area contributed by atoms with Crippen LogP contribution in [0.2, 0.25) is 0 Å². The van der Waals surface area contributed by atoms with Crippen molar-refractivity contribution < 1.29 is 19.8 Å². The molecule has 1 atom stereocenters. The number of nitrogens with zero attached hydrogens (tertiary/aromatic N) is 1. The lowest BCUT2D eigenvalue weighted by Gasteiger charge is -2.16. The number of carbonyl (C=O) groups is 2. The van der Waals surface area contributed by atoms with Crippen molar-refractivity contribution in [2.75, 3.05) is 14.1 Å². The van der Waals surface area contributed by atoms with E-state index in [1.807, 2.05) is 6.92 Å². The average molecular weight is 247 g/mol. The van der Waals surface area contributed by atoms with E-state index in [-0.39, 0.29) is 6.04 Å². The van der Waals surface area contributed by atoms with Crippen molar-refractivity contribution in [2.24, 2.45) is 5.41 Å². The fraction of sp³-hybridized carbons (Fsp3) is 0.833. The van der Waals surface area contributed by atoms with Crippen LogP contribution in [0.25, 0.3) is 0 Å². The van der Waals surface area contributed by atoms with Crippen LogP contribution in [0.1, 0.15) is 40.5 Å². The maximum Gasteiger partial charge on any atom is 0.320 e. The number of carboxylic acids is 2. The Balaban J connectivity index is 0. The molecule has 0 aliphatic rings. The van der Waals surface area contributed by atoms with Crippen LogP contribution in [0.15, 0.2) is 0 Å². The minimum atomic E-state index is -0.782. The standard InChI is InChI=1S/C7H14O2.C5H11NO2/c1-4-5-7(2,3)6(8)9;1-4(5(7)8)6(2)3/h4-5H2,1-3H3,(H,8,9);4H,1-3H3,(H,7,8). The summed E-state index contributed by atoms with van der Waals surface area (Å²) in [5.41, 5.74) is -0.533. The third-order valence-corrected chi connectivity index (χ3v) is 2.59. The van der Waals surface area contributed by atoms with Gasteiger partial charge in [-0.2, -0.15) is 0 Å². The van der Waals surface area contributed by atoms with Crippen molar-refractivity contribution in [3.63, 3.8) is 0 Å². The lowest BCUT2D eigenvalue weighted by Crippen LogP contribution is -2.32. The summed E-state index contributed by atoms with van der Waals surface area (Å²) in [4.78, 5) is 22.2. The Labute approximate surface area is 103 Å². The van der Waals surface area contributed by atoms with E-state index in [4.69, 9.17) is 10.2 Å². The molecule has 0 aromatic carbocycles. The Hall–Kier alpha value is -1.10. The molecule has 17 heavy (non-hydrogen) atoms. The van der Waals surface area contributed by atoms with Gasteiger partial charge in [-0.3, -0.25) is 14.5 Å². The summed E-state index contributed by atoms with van der Waals surface area (Å²) < 4.78 is 0. The molecule has 5 heteroatoms. The fourth-order valence-electron chi connectivity index (χ4n) is 0.953. The largest absolute Gasteiger partial charge is 0.481 e. The van der Waals surface area contributed by atoms with Gasteiger partial charge in [0.1, 0.15) is 6.04 Å². The Morgan fingerprint density at radius 2 is 1.65 bits per heavy atom. The molecule has 102 valence electrons. The van der Waals surface area contributed by atoms with Gasteiger partial charge in [0, 0.05) is 0 Å². The highest BCUT2D eigenvalue weighted by atomic mass is 16.4. The number of carboxylic acid groups (broad SMARTS) is 2. The highest BCUT2D eigenvalue weighted by Crippen LogP contribution is 2.21. The second-order valence-corrected chi connectivity index (χ2v) is 4.92. The van der Waals surface area contributed by atoms with Gasteiger partial charge < -0.3 is 10.2 Å². The Bertz CT molecular complexity index is 249. The normalized spacial score (nSPS) is 12.6.